The largest absolute Gasteiger partial charge is 0.398 e. The van der Waals surface area contributed by atoms with Crippen LogP contribution in [0.5, 0.6) is 0 Å². The number of hydrogen-bond donors (Lipinski definition) is 1. The molecule has 0 aliphatic heterocycles. The van der Waals surface area contributed by atoms with Gasteiger partial charge in [0, 0.05) is 23.6 Å². The second-order valence-corrected chi connectivity index (χ2v) is 3.91. The Labute approximate surface area is 96.1 Å². The van der Waals surface area contributed by atoms with Crippen LogP contribution in [0.2, 0.25) is 0 Å². The molecule has 1 heterocycles. The van der Waals surface area contributed by atoms with Crippen molar-refractivity contribution in [2.45, 2.75) is 19.8 Å². The van der Waals surface area contributed by atoms with Crippen molar-refractivity contribution in [1.29, 1.82) is 0 Å². The zero-order valence-electron chi connectivity index (χ0n) is 9.48. The lowest BCUT2D eigenvalue weighted by Gasteiger charge is -2.06. The van der Waals surface area contributed by atoms with E-state index in [2.05, 4.69) is 36.2 Å². The molecular formula is C14H16N2. The quantitative estimate of drug-likeness (QED) is 0.848. The topological polar surface area (TPSA) is 38.9 Å². The summed E-state index contributed by atoms with van der Waals surface area (Å²) in [5.41, 5.74) is 10.2. The molecule has 0 unspecified atom stereocenters. The molecular weight excluding hydrogens is 196 g/mol. The number of nitrogens with zero attached hydrogens (tertiary/aromatic N) is 1. The first-order chi connectivity index (χ1) is 7.81. The summed E-state index contributed by atoms with van der Waals surface area (Å²) in [6, 6.07) is 10.3. The molecule has 0 aliphatic rings. The molecule has 0 amide bonds. The van der Waals surface area contributed by atoms with E-state index in [1.54, 1.807) is 6.20 Å². The normalized spacial score (nSPS) is 10.3. The SMILES string of the molecule is CCCc1cccc(-c2cnccc2N)c1. The maximum atomic E-state index is 5.94. The fourth-order valence-corrected chi connectivity index (χ4v) is 1.83. The molecule has 2 heteroatoms. The van der Waals surface area contributed by atoms with Gasteiger partial charge in [-0.05, 0) is 23.6 Å². The average Bonchev–Trinajstić information content (AvgIpc) is 2.30. The van der Waals surface area contributed by atoms with Gasteiger partial charge in [-0.1, -0.05) is 37.6 Å². The van der Waals surface area contributed by atoms with Crippen LogP contribution in [0.4, 0.5) is 5.69 Å². The van der Waals surface area contributed by atoms with Gasteiger partial charge in [0.25, 0.3) is 0 Å². The zero-order chi connectivity index (χ0) is 11.4. The second kappa shape index (κ2) is 4.79. The summed E-state index contributed by atoms with van der Waals surface area (Å²) < 4.78 is 0. The van der Waals surface area contributed by atoms with Crippen LogP contribution in [0, 0.1) is 0 Å². The number of pyridine rings is 1. The number of benzene rings is 1. The molecule has 1 aromatic heterocycles. The summed E-state index contributed by atoms with van der Waals surface area (Å²) in [5, 5.41) is 0. The summed E-state index contributed by atoms with van der Waals surface area (Å²) in [6.45, 7) is 2.19. The number of anilines is 1. The summed E-state index contributed by atoms with van der Waals surface area (Å²) in [4.78, 5) is 4.12. The molecule has 0 bridgehead atoms. The standard InChI is InChI=1S/C14H16N2/c1-2-4-11-5-3-6-12(9-11)13-10-16-8-7-14(13)15/h3,5-10H,2,4H2,1H3,(H2,15,16). The van der Waals surface area contributed by atoms with Gasteiger partial charge < -0.3 is 5.73 Å². The molecule has 2 aromatic rings. The van der Waals surface area contributed by atoms with Crippen LogP contribution < -0.4 is 5.73 Å². The van der Waals surface area contributed by atoms with Crippen LogP contribution in [0.3, 0.4) is 0 Å². The summed E-state index contributed by atoms with van der Waals surface area (Å²) in [7, 11) is 0. The van der Waals surface area contributed by atoms with E-state index in [1.807, 2.05) is 12.3 Å². The first-order valence-corrected chi connectivity index (χ1v) is 5.60. The van der Waals surface area contributed by atoms with Gasteiger partial charge in [-0.25, -0.2) is 0 Å². The smallest absolute Gasteiger partial charge is 0.0424 e. The molecule has 0 fully saturated rings. The van der Waals surface area contributed by atoms with E-state index in [1.165, 1.54) is 5.56 Å². The molecule has 0 saturated carbocycles. The molecule has 2 nitrogen and oxygen atoms in total. The predicted octanol–water partition coefficient (Wildman–Crippen LogP) is 3.28. The fourth-order valence-electron chi connectivity index (χ4n) is 1.83. The predicted molar refractivity (Wildman–Crippen MR) is 68.1 cm³/mol. The van der Waals surface area contributed by atoms with Crippen molar-refractivity contribution in [3.8, 4) is 11.1 Å². The van der Waals surface area contributed by atoms with E-state index in [-0.39, 0.29) is 0 Å². The van der Waals surface area contributed by atoms with Crippen LogP contribution >= 0.6 is 0 Å². The third kappa shape index (κ3) is 2.22. The Kier molecular flexibility index (Phi) is 3.20. The van der Waals surface area contributed by atoms with Crippen LogP contribution in [0.1, 0.15) is 18.9 Å². The lowest BCUT2D eigenvalue weighted by molar-refractivity contribution is 0.922. The van der Waals surface area contributed by atoms with Crippen LogP contribution in [-0.2, 0) is 6.42 Å². The monoisotopic (exact) mass is 212 g/mol. The molecule has 82 valence electrons. The van der Waals surface area contributed by atoms with Gasteiger partial charge >= 0.3 is 0 Å². The maximum absolute atomic E-state index is 5.94. The molecule has 0 saturated heterocycles. The van der Waals surface area contributed by atoms with Crippen molar-refractivity contribution in [1.82, 2.24) is 4.98 Å². The van der Waals surface area contributed by atoms with Gasteiger partial charge in [-0.2, -0.15) is 0 Å². The number of hydrogen-bond acceptors (Lipinski definition) is 2. The summed E-state index contributed by atoms with van der Waals surface area (Å²) in [5.74, 6) is 0. The third-order valence-corrected chi connectivity index (χ3v) is 2.63. The highest BCUT2D eigenvalue weighted by molar-refractivity contribution is 5.75. The van der Waals surface area contributed by atoms with Crippen molar-refractivity contribution in [3.05, 3.63) is 48.3 Å². The van der Waals surface area contributed by atoms with Gasteiger partial charge in [-0.15, -0.1) is 0 Å². The lowest BCUT2D eigenvalue weighted by atomic mass is 10.0. The third-order valence-electron chi connectivity index (χ3n) is 2.63. The zero-order valence-corrected chi connectivity index (χ0v) is 9.48. The van der Waals surface area contributed by atoms with E-state index in [0.717, 1.165) is 29.7 Å². The van der Waals surface area contributed by atoms with Crippen molar-refractivity contribution in [3.63, 3.8) is 0 Å². The minimum Gasteiger partial charge on any atom is -0.398 e. The first-order valence-electron chi connectivity index (χ1n) is 5.60. The Morgan fingerprint density at radius 3 is 2.88 bits per heavy atom. The molecule has 0 spiro atoms. The first kappa shape index (κ1) is 10.7. The number of nitrogens with two attached hydrogens (primary N) is 1. The Hall–Kier alpha value is -1.83. The van der Waals surface area contributed by atoms with Crippen molar-refractivity contribution in [2.24, 2.45) is 0 Å². The molecule has 0 aliphatic carbocycles. The van der Waals surface area contributed by atoms with Crippen molar-refractivity contribution in [2.75, 3.05) is 5.73 Å². The highest BCUT2D eigenvalue weighted by Crippen LogP contribution is 2.25. The molecule has 2 N–H and O–H groups in total. The Balaban J connectivity index is 2.40. The summed E-state index contributed by atoms with van der Waals surface area (Å²) >= 11 is 0. The van der Waals surface area contributed by atoms with E-state index in [0.29, 0.717) is 0 Å². The van der Waals surface area contributed by atoms with Gasteiger partial charge in [-0.3, -0.25) is 4.98 Å². The van der Waals surface area contributed by atoms with Gasteiger partial charge in [0.2, 0.25) is 0 Å². The van der Waals surface area contributed by atoms with E-state index >= 15 is 0 Å². The molecule has 0 atom stereocenters. The fraction of sp³-hybridized carbons (Fsp3) is 0.214. The molecule has 2 rings (SSSR count). The molecule has 1 aromatic carbocycles. The van der Waals surface area contributed by atoms with E-state index in [4.69, 9.17) is 5.73 Å². The van der Waals surface area contributed by atoms with Crippen molar-refractivity contribution < 1.29 is 0 Å². The highest BCUT2D eigenvalue weighted by Gasteiger charge is 2.02. The number of rotatable bonds is 3. The number of nitrogen functional groups attached to an aromatic ring is 1. The Morgan fingerprint density at radius 2 is 2.12 bits per heavy atom. The molecule has 16 heavy (non-hydrogen) atoms. The van der Waals surface area contributed by atoms with Gasteiger partial charge in [0.05, 0.1) is 0 Å². The molecule has 0 radical (unpaired) electrons. The van der Waals surface area contributed by atoms with E-state index in [9.17, 15) is 0 Å². The van der Waals surface area contributed by atoms with Gasteiger partial charge in [0.1, 0.15) is 0 Å². The maximum Gasteiger partial charge on any atom is 0.0424 e. The van der Waals surface area contributed by atoms with Crippen molar-refractivity contribution >= 4 is 5.69 Å². The Bertz CT molecular complexity index is 478. The highest BCUT2D eigenvalue weighted by atomic mass is 14.7. The number of aromatic nitrogens is 1. The number of aryl methyl sites for hydroxylation is 1. The minimum atomic E-state index is 0.781. The lowest BCUT2D eigenvalue weighted by Crippen LogP contribution is -1.91. The van der Waals surface area contributed by atoms with Gasteiger partial charge in [0.15, 0.2) is 0 Å². The van der Waals surface area contributed by atoms with Crippen LogP contribution in [0.25, 0.3) is 11.1 Å². The van der Waals surface area contributed by atoms with Crippen LogP contribution in [0.15, 0.2) is 42.7 Å². The average molecular weight is 212 g/mol. The Morgan fingerprint density at radius 1 is 1.25 bits per heavy atom. The van der Waals surface area contributed by atoms with E-state index < -0.39 is 0 Å². The second-order valence-electron chi connectivity index (χ2n) is 3.91. The van der Waals surface area contributed by atoms with Crippen LogP contribution in [-0.4, -0.2) is 4.98 Å². The summed E-state index contributed by atoms with van der Waals surface area (Å²) in [6.07, 6.45) is 5.80. The minimum absolute atomic E-state index is 0.781.